The molecule has 122 valence electrons. The van der Waals surface area contributed by atoms with Crippen molar-refractivity contribution in [2.75, 3.05) is 27.2 Å². The van der Waals surface area contributed by atoms with Gasteiger partial charge in [-0.05, 0) is 36.8 Å². The van der Waals surface area contributed by atoms with Gasteiger partial charge in [0.15, 0.2) is 0 Å². The fourth-order valence-corrected chi connectivity index (χ4v) is 4.39. The first kappa shape index (κ1) is 16.0. The number of carbonyl (C=O) groups is 2. The van der Waals surface area contributed by atoms with E-state index in [2.05, 4.69) is 12.1 Å². The zero-order chi connectivity index (χ0) is 16.6. The number of benzene rings is 1. The van der Waals surface area contributed by atoms with E-state index in [-0.39, 0.29) is 17.7 Å². The summed E-state index contributed by atoms with van der Waals surface area (Å²) in [6.07, 6.45) is 1.51. The van der Waals surface area contributed by atoms with E-state index in [9.17, 15) is 9.59 Å². The minimum Gasteiger partial charge on any atom is -0.349 e. The quantitative estimate of drug-likeness (QED) is 0.849. The maximum Gasteiger partial charge on any atom is 0.264 e. The molecular weight excluding hydrogens is 308 g/mol. The smallest absolute Gasteiger partial charge is 0.264 e. The van der Waals surface area contributed by atoms with Crippen LogP contribution in [0.1, 0.15) is 28.1 Å². The molecule has 1 aromatic carbocycles. The largest absolute Gasteiger partial charge is 0.349 e. The second-order valence-corrected chi connectivity index (χ2v) is 7.40. The van der Waals surface area contributed by atoms with Gasteiger partial charge < -0.3 is 9.80 Å². The number of hydrogen-bond donors (Lipinski definition) is 0. The molecule has 5 heteroatoms. The molecule has 0 N–H and O–H groups in total. The molecule has 2 aromatic rings. The summed E-state index contributed by atoms with van der Waals surface area (Å²) in [7, 11) is 3.58. The summed E-state index contributed by atoms with van der Waals surface area (Å²) < 4.78 is 1.16. The molecule has 1 aliphatic heterocycles. The van der Waals surface area contributed by atoms with Crippen LogP contribution in [0, 0.1) is 12.8 Å². The predicted octanol–water partition coefficient (Wildman–Crippen LogP) is 3.15. The van der Waals surface area contributed by atoms with Gasteiger partial charge in [-0.3, -0.25) is 9.59 Å². The fraction of sp³-hybridized carbons (Fsp3) is 0.444. The number of piperidine rings is 1. The molecule has 0 unspecified atom stereocenters. The van der Waals surface area contributed by atoms with Gasteiger partial charge in [-0.25, -0.2) is 0 Å². The van der Waals surface area contributed by atoms with Crippen LogP contribution in [0.3, 0.4) is 0 Å². The Morgan fingerprint density at radius 1 is 1.17 bits per heavy atom. The van der Waals surface area contributed by atoms with Gasteiger partial charge in [0.2, 0.25) is 5.91 Å². The molecule has 1 fully saturated rings. The number of aryl methyl sites for hydroxylation is 1. The summed E-state index contributed by atoms with van der Waals surface area (Å²) in [6, 6.07) is 8.14. The molecule has 23 heavy (non-hydrogen) atoms. The summed E-state index contributed by atoms with van der Waals surface area (Å²) in [5.74, 6) is 0.340. The summed E-state index contributed by atoms with van der Waals surface area (Å²) in [6.45, 7) is 3.35. The topological polar surface area (TPSA) is 40.6 Å². The predicted molar refractivity (Wildman–Crippen MR) is 93.9 cm³/mol. The number of carbonyl (C=O) groups excluding carboxylic acids is 2. The van der Waals surface area contributed by atoms with Crippen molar-refractivity contribution in [3.63, 3.8) is 0 Å². The third-order valence-electron chi connectivity index (χ3n) is 4.61. The normalized spacial score (nSPS) is 15.9. The standard InChI is InChI=1S/C18H22N2O2S/c1-12-14-6-4-5-7-15(14)23-16(12)18(22)20-10-8-13(9-11-20)17(21)19(2)3/h4-7,13H,8-11H2,1-3H3. The van der Waals surface area contributed by atoms with E-state index in [1.165, 1.54) is 5.39 Å². The Labute approximate surface area is 140 Å². The van der Waals surface area contributed by atoms with E-state index >= 15 is 0 Å². The molecule has 4 nitrogen and oxygen atoms in total. The average molecular weight is 330 g/mol. The molecule has 0 spiro atoms. The molecule has 0 bridgehead atoms. The second kappa shape index (κ2) is 6.32. The first-order valence-corrected chi connectivity index (χ1v) is 8.79. The van der Waals surface area contributed by atoms with Gasteiger partial charge >= 0.3 is 0 Å². The van der Waals surface area contributed by atoms with Crippen LogP contribution in [0.4, 0.5) is 0 Å². The van der Waals surface area contributed by atoms with Crippen molar-refractivity contribution >= 4 is 33.2 Å². The van der Waals surface area contributed by atoms with Gasteiger partial charge in [0.1, 0.15) is 0 Å². The fourth-order valence-electron chi connectivity index (χ4n) is 3.22. The van der Waals surface area contributed by atoms with Crippen LogP contribution in [0.5, 0.6) is 0 Å². The van der Waals surface area contributed by atoms with Crippen LogP contribution in [0.25, 0.3) is 10.1 Å². The Bertz CT molecular complexity index is 743. The summed E-state index contributed by atoms with van der Waals surface area (Å²) in [5.41, 5.74) is 1.07. The van der Waals surface area contributed by atoms with E-state index in [1.54, 1.807) is 30.3 Å². The van der Waals surface area contributed by atoms with Gasteiger partial charge in [-0.15, -0.1) is 11.3 Å². The first-order valence-electron chi connectivity index (χ1n) is 7.97. The third kappa shape index (κ3) is 2.98. The van der Waals surface area contributed by atoms with Crippen LogP contribution in [0.2, 0.25) is 0 Å². The monoisotopic (exact) mass is 330 g/mol. The van der Waals surface area contributed by atoms with Crippen molar-refractivity contribution < 1.29 is 9.59 Å². The van der Waals surface area contributed by atoms with E-state index in [4.69, 9.17) is 0 Å². The number of hydrogen-bond acceptors (Lipinski definition) is 3. The highest BCUT2D eigenvalue weighted by Crippen LogP contribution is 2.32. The number of fused-ring (bicyclic) bond motifs is 1. The number of thiophene rings is 1. The van der Waals surface area contributed by atoms with Gasteiger partial charge in [0.25, 0.3) is 5.91 Å². The number of nitrogens with zero attached hydrogens (tertiary/aromatic N) is 2. The Morgan fingerprint density at radius 3 is 2.43 bits per heavy atom. The zero-order valence-corrected chi connectivity index (χ0v) is 14.7. The van der Waals surface area contributed by atoms with Crippen LogP contribution in [0.15, 0.2) is 24.3 Å². The molecular formula is C18H22N2O2S. The van der Waals surface area contributed by atoms with E-state index < -0.39 is 0 Å². The van der Waals surface area contributed by atoms with Gasteiger partial charge in [0, 0.05) is 37.8 Å². The Hall–Kier alpha value is -1.88. The highest BCUT2D eigenvalue weighted by Gasteiger charge is 2.29. The SMILES string of the molecule is Cc1c(C(=O)N2CCC(C(=O)N(C)C)CC2)sc2ccccc12. The molecule has 0 aliphatic carbocycles. The van der Waals surface area contributed by atoms with E-state index in [0.717, 1.165) is 28.0 Å². The molecule has 0 radical (unpaired) electrons. The summed E-state index contributed by atoms with van der Waals surface area (Å²) >= 11 is 1.57. The Kier molecular flexibility index (Phi) is 4.39. The minimum atomic E-state index is 0.0533. The van der Waals surface area contributed by atoms with Crippen molar-refractivity contribution in [1.29, 1.82) is 0 Å². The van der Waals surface area contributed by atoms with Crippen molar-refractivity contribution in [1.82, 2.24) is 9.80 Å². The lowest BCUT2D eigenvalue weighted by molar-refractivity contribution is -0.134. The summed E-state index contributed by atoms with van der Waals surface area (Å²) in [4.78, 5) is 29.3. The van der Waals surface area contributed by atoms with Crippen molar-refractivity contribution in [3.05, 3.63) is 34.7 Å². The number of rotatable bonds is 2. The van der Waals surface area contributed by atoms with Gasteiger partial charge in [-0.2, -0.15) is 0 Å². The van der Waals surface area contributed by atoms with Crippen LogP contribution < -0.4 is 0 Å². The van der Waals surface area contributed by atoms with Crippen LogP contribution >= 0.6 is 11.3 Å². The van der Waals surface area contributed by atoms with Crippen molar-refractivity contribution in [2.45, 2.75) is 19.8 Å². The first-order chi connectivity index (χ1) is 11.0. The van der Waals surface area contributed by atoms with E-state index in [1.807, 2.05) is 24.0 Å². The number of amides is 2. The lowest BCUT2D eigenvalue weighted by atomic mass is 9.95. The Morgan fingerprint density at radius 2 is 1.83 bits per heavy atom. The zero-order valence-electron chi connectivity index (χ0n) is 13.8. The molecule has 0 atom stereocenters. The van der Waals surface area contributed by atoms with Gasteiger partial charge in [0.05, 0.1) is 4.88 Å². The maximum atomic E-state index is 12.8. The van der Waals surface area contributed by atoms with Crippen molar-refractivity contribution in [3.8, 4) is 0 Å². The van der Waals surface area contributed by atoms with Crippen LogP contribution in [-0.2, 0) is 4.79 Å². The highest BCUT2D eigenvalue weighted by atomic mass is 32.1. The lowest BCUT2D eigenvalue weighted by Gasteiger charge is -2.32. The van der Waals surface area contributed by atoms with E-state index in [0.29, 0.717) is 13.1 Å². The second-order valence-electron chi connectivity index (χ2n) is 6.35. The highest BCUT2D eigenvalue weighted by molar-refractivity contribution is 7.21. The molecule has 1 aliphatic rings. The lowest BCUT2D eigenvalue weighted by Crippen LogP contribution is -2.42. The molecule has 1 saturated heterocycles. The molecule has 0 saturated carbocycles. The molecule has 2 heterocycles. The molecule has 3 rings (SSSR count). The van der Waals surface area contributed by atoms with Crippen molar-refractivity contribution in [2.24, 2.45) is 5.92 Å². The Balaban J connectivity index is 1.74. The third-order valence-corrected chi connectivity index (χ3v) is 5.87. The molecule has 1 aromatic heterocycles. The number of likely N-dealkylation sites (tertiary alicyclic amines) is 1. The summed E-state index contributed by atoms with van der Waals surface area (Å²) in [5, 5.41) is 1.17. The molecule has 2 amide bonds. The van der Waals surface area contributed by atoms with Crippen LogP contribution in [-0.4, -0.2) is 48.8 Å². The average Bonchev–Trinajstić information content (AvgIpc) is 2.91. The minimum absolute atomic E-state index is 0.0533. The van der Waals surface area contributed by atoms with Gasteiger partial charge in [-0.1, -0.05) is 18.2 Å². The maximum absolute atomic E-state index is 12.8.